The van der Waals surface area contributed by atoms with Gasteiger partial charge in [-0.3, -0.25) is 14.5 Å². The molecular weight excluding hydrogens is 498 g/mol. The number of anilines is 2. The fraction of sp³-hybridized carbons (Fsp3) is 0.241. The molecule has 0 bridgehead atoms. The summed E-state index contributed by atoms with van der Waals surface area (Å²) in [5, 5.41) is 9.29. The van der Waals surface area contributed by atoms with Crippen LogP contribution in [0.25, 0.3) is 11.1 Å². The van der Waals surface area contributed by atoms with Crippen LogP contribution in [0.4, 0.5) is 16.2 Å². The zero-order valence-electron chi connectivity index (χ0n) is 20.6. The van der Waals surface area contributed by atoms with Gasteiger partial charge < -0.3 is 16.0 Å². The third-order valence-corrected chi connectivity index (χ3v) is 8.62. The molecule has 0 spiro atoms. The number of hydrogen-bond acceptors (Lipinski definition) is 5. The number of hydrogen-bond donors (Lipinski definition) is 3. The van der Waals surface area contributed by atoms with E-state index in [4.69, 9.17) is 0 Å². The van der Waals surface area contributed by atoms with Crippen LogP contribution in [-0.4, -0.2) is 40.2 Å². The number of rotatable bonds is 6. The fourth-order valence-corrected chi connectivity index (χ4v) is 6.78. The molecule has 4 atom stereocenters. The number of carbonyl (C=O) groups is 3. The maximum atomic E-state index is 13.5. The van der Waals surface area contributed by atoms with Gasteiger partial charge in [-0.1, -0.05) is 60.8 Å². The van der Waals surface area contributed by atoms with E-state index < -0.39 is 11.3 Å². The number of nitrogens with zero attached hydrogens (tertiary/aromatic N) is 2. The molecule has 3 aromatic rings. The van der Waals surface area contributed by atoms with Crippen molar-refractivity contribution in [2.24, 2.45) is 0 Å². The second-order valence-corrected chi connectivity index (χ2v) is 10.8. The maximum absolute atomic E-state index is 13.5. The Kier molecular flexibility index (Phi) is 6.37. The van der Waals surface area contributed by atoms with Gasteiger partial charge in [-0.2, -0.15) is 0 Å². The van der Waals surface area contributed by atoms with Crippen LogP contribution in [0.3, 0.4) is 0 Å². The lowest BCUT2D eigenvalue weighted by Crippen LogP contribution is -2.53. The summed E-state index contributed by atoms with van der Waals surface area (Å²) in [6.45, 7) is 3.51. The van der Waals surface area contributed by atoms with Gasteiger partial charge in [0.05, 0.1) is 17.4 Å². The number of benzene rings is 2. The summed E-state index contributed by atoms with van der Waals surface area (Å²) in [6, 6.07) is 18.6. The Bertz CT molecular complexity index is 1430. The van der Waals surface area contributed by atoms with Crippen LogP contribution in [0.15, 0.2) is 84.5 Å². The second-order valence-electron chi connectivity index (χ2n) is 9.63. The number of carbonyl (C=O) groups excluding carboxylic acids is 3. The minimum absolute atomic E-state index is 0.139. The highest BCUT2D eigenvalue weighted by Crippen LogP contribution is 2.50. The molecule has 192 valence electrons. The van der Waals surface area contributed by atoms with E-state index >= 15 is 0 Å². The Morgan fingerprint density at radius 2 is 1.79 bits per heavy atom. The summed E-state index contributed by atoms with van der Waals surface area (Å²) >= 11 is 1.37. The van der Waals surface area contributed by atoms with Crippen LogP contribution < -0.4 is 20.9 Å². The first kappa shape index (κ1) is 24.2. The number of urea groups is 1. The van der Waals surface area contributed by atoms with Crippen molar-refractivity contribution < 1.29 is 14.4 Å². The topological polar surface area (TPSA) is 103 Å². The van der Waals surface area contributed by atoms with E-state index in [1.54, 1.807) is 11.1 Å². The average molecular weight is 526 g/mol. The molecule has 1 fully saturated rings. The first-order chi connectivity index (χ1) is 18.5. The summed E-state index contributed by atoms with van der Waals surface area (Å²) < 4.78 is 0. The SMILES string of the molecule is C=CC(=O)N[C@H]1CCC[C@H]1NC(=O)C1Sc2nccc3c2C1NC(=O)N3c1cccc(-c2ccccc2)c1. The molecule has 0 saturated heterocycles. The van der Waals surface area contributed by atoms with Crippen molar-refractivity contribution >= 4 is 41.0 Å². The van der Waals surface area contributed by atoms with Crippen LogP contribution >= 0.6 is 11.8 Å². The molecule has 8 nitrogen and oxygen atoms in total. The van der Waals surface area contributed by atoms with E-state index in [1.165, 1.54) is 17.8 Å². The van der Waals surface area contributed by atoms with E-state index in [9.17, 15) is 14.4 Å². The zero-order chi connectivity index (χ0) is 26.2. The predicted octanol–water partition coefficient (Wildman–Crippen LogP) is 4.46. The molecule has 2 aliphatic heterocycles. The van der Waals surface area contributed by atoms with E-state index in [-0.39, 0.29) is 29.9 Å². The fourth-order valence-electron chi connectivity index (χ4n) is 5.55. The van der Waals surface area contributed by atoms with Gasteiger partial charge >= 0.3 is 6.03 Å². The first-order valence-corrected chi connectivity index (χ1v) is 13.6. The molecule has 3 N–H and O–H groups in total. The smallest absolute Gasteiger partial charge is 0.327 e. The van der Waals surface area contributed by atoms with Gasteiger partial charge in [-0.25, -0.2) is 9.78 Å². The molecule has 4 amide bonds. The largest absolute Gasteiger partial charge is 0.350 e. The molecule has 0 radical (unpaired) electrons. The molecule has 38 heavy (non-hydrogen) atoms. The quantitative estimate of drug-likeness (QED) is 0.412. The number of thioether (sulfide) groups is 1. The Labute approximate surface area is 224 Å². The van der Waals surface area contributed by atoms with Crippen LogP contribution in [0.1, 0.15) is 30.9 Å². The first-order valence-electron chi connectivity index (χ1n) is 12.7. The Hall–Kier alpha value is -4.11. The number of pyridine rings is 1. The monoisotopic (exact) mass is 525 g/mol. The summed E-state index contributed by atoms with van der Waals surface area (Å²) in [7, 11) is 0. The predicted molar refractivity (Wildman–Crippen MR) is 147 cm³/mol. The molecule has 3 heterocycles. The van der Waals surface area contributed by atoms with Gasteiger partial charge in [-0.05, 0) is 54.7 Å². The van der Waals surface area contributed by atoms with Crippen LogP contribution in [-0.2, 0) is 9.59 Å². The van der Waals surface area contributed by atoms with Crippen molar-refractivity contribution in [3.8, 4) is 11.1 Å². The molecule has 6 rings (SSSR count). The normalized spacial score (nSPS) is 23.4. The van der Waals surface area contributed by atoms with Gasteiger partial charge in [0.15, 0.2) is 0 Å². The average Bonchev–Trinajstić information content (AvgIpc) is 3.54. The molecule has 1 aliphatic carbocycles. The van der Waals surface area contributed by atoms with Crippen molar-refractivity contribution in [2.75, 3.05) is 4.90 Å². The van der Waals surface area contributed by atoms with Crippen LogP contribution in [0.2, 0.25) is 0 Å². The van der Waals surface area contributed by atoms with E-state index in [0.29, 0.717) is 0 Å². The molecule has 9 heteroatoms. The molecule has 1 saturated carbocycles. The third-order valence-electron chi connectivity index (χ3n) is 7.33. The van der Waals surface area contributed by atoms with Gasteiger partial charge in [-0.15, -0.1) is 0 Å². The van der Waals surface area contributed by atoms with Crippen molar-refractivity contribution in [3.05, 3.63) is 85.1 Å². The highest BCUT2D eigenvalue weighted by molar-refractivity contribution is 8.01. The number of aromatic nitrogens is 1. The molecule has 2 aromatic carbocycles. The van der Waals surface area contributed by atoms with E-state index in [2.05, 4.69) is 27.5 Å². The van der Waals surface area contributed by atoms with Gasteiger partial charge in [0.1, 0.15) is 10.3 Å². The molecular formula is C29H27N5O3S. The Balaban J connectivity index is 1.27. The lowest BCUT2D eigenvalue weighted by atomic mass is 9.99. The standard InChI is InChI=1S/C29H27N5O3S/c1-2-23(35)31-20-12-7-13-21(20)32-27(36)26-25-24-22(14-15-30-28(24)38-26)34(29(37)33-25)19-11-6-10-18(16-19)17-8-4-3-5-9-17/h2-6,8-11,14-16,20-21,25-26H,1,7,12-13H2,(H,31,35)(H,32,36)(H,33,37)/t20-,21+,25?,26?/m0/s1. The van der Waals surface area contributed by atoms with Crippen molar-refractivity contribution in [3.63, 3.8) is 0 Å². The third kappa shape index (κ3) is 4.32. The Morgan fingerprint density at radius 1 is 1.03 bits per heavy atom. The number of nitrogens with one attached hydrogen (secondary N) is 3. The van der Waals surface area contributed by atoms with Gasteiger partial charge in [0, 0.05) is 23.8 Å². The van der Waals surface area contributed by atoms with Crippen molar-refractivity contribution in [1.29, 1.82) is 0 Å². The minimum Gasteiger partial charge on any atom is -0.350 e. The highest BCUT2D eigenvalue weighted by atomic mass is 32.2. The second kappa shape index (κ2) is 9.98. The lowest BCUT2D eigenvalue weighted by Gasteiger charge is -2.34. The highest BCUT2D eigenvalue weighted by Gasteiger charge is 2.47. The van der Waals surface area contributed by atoms with Gasteiger partial charge in [0.2, 0.25) is 11.8 Å². The van der Waals surface area contributed by atoms with E-state index in [1.807, 2.05) is 60.7 Å². The van der Waals surface area contributed by atoms with Gasteiger partial charge in [0.25, 0.3) is 0 Å². The summed E-state index contributed by atoms with van der Waals surface area (Å²) in [5.74, 6) is -0.419. The summed E-state index contributed by atoms with van der Waals surface area (Å²) in [4.78, 5) is 45.0. The Morgan fingerprint density at radius 3 is 2.58 bits per heavy atom. The van der Waals surface area contributed by atoms with Crippen molar-refractivity contribution in [1.82, 2.24) is 20.9 Å². The molecule has 2 unspecified atom stereocenters. The summed E-state index contributed by atoms with van der Waals surface area (Å²) in [6.07, 6.45) is 5.42. The lowest BCUT2D eigenvalue weighted by molar-refractivity contribution is -0.122. The summed E-state index contributed by atoms with van der Waals surface area (Å²) in [5.41, 5.74) is 4.39. The van der Waals surface area contributed by atoms with Crippen LogP contribution in [0, 0.1) is 0 Å². The van der Waals surface area contributed by atoms with Crippen LogP contribution in [0.5, 0.6) is 0 Å². The molecule has 3 aliphatic rings. The molecule has 1 aromatic heterocycles. The zero-order valence-corrected chi connectivity index (χ0v) is 21.4. The van der Waals surface area contributed by atoms with E-state index in [0.717, 1.165) is 52.4 Å². The minimum atomic E-state index is -0.559. The maximum Gasteiger partial charge on any atom is 0.327 e. The number of amides is 4. The van der Waals surface area contributed by atoms with Crippen molar-refractivity contribution in [2.45, 2.75) is 47.7 Å².